The van der Waals surface area contributed by atoms with Crippen molar-refractivity contribution in [2.75, 3.05) is 6.54 Å². The van der Waals surface area contributed by atoms with Crippen LogP contribution >= 0.6 is 11.6 Å². The zero-order valence-electron chi connectivity index (χ0n) is 17.1. The number of hydrogen-bond acceptors (Lipinski definition) is 4. The van der Waals surface area contributed by atoms with E-state index in [1.165, 1.54) is 12.1 Å². The first-order chi connectivity index (χ1) is 15.3. The molecule has 32 heavy (non-hydrogen) atoms. The summed E-state index contributed by atoms with van der Waals surface area (Å²) < 4.78 is 28.5. The zero-order valence-corrected chi connectivity index (χ0v) is 17.9. The Hall–Kier alpha value is -3.36. The average Bonchev–Trinajstić information content (AvgIpc) is 3.18. The molecular formula is C23H20ClF2N5O. The Balaban J connectivity index is 1.57. The summed E-state index contributed by atoms with van der Waals surface area (Å²) in [5.41, 5.74) is 7.75. The molecule has 0 aliphatic heterocycles. The van der Waals surface area contributed by atoms with Gasteiger partial charge in [-0.05, 0) is 23.8 Å². The minimum atomic E-state index is -2.92. The van der Waals surface area contributed by atoms with Gasteiger partial charge in [-0.3, -0.25) is 9.36 Å². The molecule has 2 heterocycles. The van der Waals surface area contributed by atoms with Crippen LogP contribution in [0.1, 0.15) is 34.5 Å². The first-order valence-corrected chi connectivity index (χ1v) is 10.2. The van der Waals surface area contributed by atoms with Crippen molar-refractivity contribution < 1.29 is 13.6 Å². The van der Waals surface area contributed by atoms with Crippen LogP contribution in [0.15, 0.2) is 67.1 Å². The van der Waals surface area contributed by atoms with E-state index in [1.807, 2.05) is 6.07 Å². The molecule has 0 saturated carbocycles. The highest BCUT2D eigenvalue weighted by atomic mass is 35.5. The molecular weight excluding hydrogens is 436 g/mol. The third-order valence-electron chi connectivity index (χ3n) is 5.12. The fourth-order valence-corrected chi connectivity index (χ4v) is 3.71. The molecule has 0 saturated heterocycles. The average molecular weight is 456 g/mol. The number of nitrogens with zero attached hydrogens (tertiary/aromatic N) is 3. The predicted octanol–water partition coefficient (Wildman–Crippen LogP) is 4.62. The molecule has 0 aliphatic rings. The summed E-state index contributed by atoms with van der Waals surface area (Å²) in [6.45, 7) is 0.948. The monoisotopic (exact) mass is 455 g/mol. The van der Waals surface area contributed by atoms with Crippen LogP contribution in [0.25, 0.3) is 16.9 Å². The number of halogens is 3. The van der Waals surface area contributed by atoms with E-state index in [9.17, 15) is 13.6 Å². The van der Waals surface area contributed by atoms with E-state index in [0.29, 0.717) is 33.0 Å². The van der Waals surface area contributed by atoms with E-state index in [1.54, 1.807) is 53.5 Å². The van der Waals surface area contributed by atoms with Crippen molar-refractivity contribution in [3.05, 3.63) is 88.8 Å². The Kier molecular flexibility index (Phi) is 5.90. The van der Waals surface area contributed by atoms with E-state index < -0.39 is 12.0 Å². The standard InChI is InChI=1S/C23H20ClF2N5O/c1-23(25,26)15-8-6-14(7-9-15)18(27)12-30-21(32)16-13-31(22-28-10-3-11-29-22)19-5-2-4-17(24)20(16)19/h2-11,13,18H,12,27H2,1H3,(H,30,32). The first kappa shape index (κ1) is 21.9. The lowest BCUT2D eigenvalue weighted by Crippen LogP contribution is -2.31. The highest BCUT2D eigenvalue weighted by molar-refractivity contribution is 6.37. The largest absolute Gasteiger partial charge is 0.350 e. The number of hydrogen-bond donors (Lipinski definition) is 2. The number of alkyl halides is 2. The number of carbonyl (C=O) groups excluding carboxylic acids is 1. The second-order valence-electron chi connectivity index (χ2n) is 7.42. The summed E-state index contributed by atoms with van der Waals surface area (Å²) >= 11 is 6.40. The Morgan fingerprint density at radius 2 is 1.84 bits per heavy atom. The molecule has 1 amide bonds. The molecule has 2 aromatic heterocycles. The van der Waals surface area contributed by atoms with Crippen molar-refractivity contribution in [1.82, 2.24) is 19.9 Å². The number of aromatic nitrogens is 3. The lowest BCUT2D eigenvalue weighted by Gasteiger charge is -2.15. The lowest BCUT2D eigenvalue weighted by atomic mass is 10.0. The number of carbonyl (C=O) groups is 1. The minimum absolute atomic E-state index is 0.0944. The fourth-order valence-electron chi connectivity index (χ4n) is 3.44. The minimum Gasteiger partial charge on any atom is -0.350 e. The molecule has 0 aliphatic carbocycles. The molecule has 0 radical (unpaired) electrons. The third kappa shape index (κ3) is 4.32. The van der Waals surface area contributed by atoms with Gasteiger partial charge in [0.05, 0.1) is 16.1 Å². The van der Waals surface area contributed by atoms with Gasteiger partial charge in [-0.15, -0.1) is 0 Å². The van der Waals surface area contributed by atoms with Crippen molar-refractivity contribution >= 4 is 28.4 Å². The summed E-state index contributed by atoms with van der Waals surface area (Å²) in [6, 6.07) is 12.2. The summed E-state index contributed by atoms with van der Waals surface area (Å²) in [4.78, 5) is 21.5. The van der Waals surface area contributed by atoms with Gasteiger partial charge in [-0.1, -0.05) is 41.9 Å². The molecule has 4 rings (SSSR count). The maximum atomic E-state index is 13.4. The van der Waals surface area contributed by atoms with E-state index in [0.717, 1.165) is 6.92 Å². The zero-order chi connectivity index (χ0) is 22.9. The molecule has 4 aromatic rings. The van der Waals surface area contributed by atoms with E-state index in [-0.39, 0.29) is 18.0 Å². The second kappa shape index (κ2) is 8.64. The van der Waals surface area contributed by atoms with Crippen LogP contribution in [0.4, 0.5) is 8.78 Å². The number of rotatable bonds is 6. The lowest BCUT2D eigenvalue weighted by molar-refractivity contribution is 0.0174. The molecule has 0 bridgehead atoms. The van der Waals surface area contributed by atoms with Gasteiger partial charge in [0, 0.05) is 49.1 Å². The van der Waals surface area contributed by atoms with Crippen LogP contribution in [0.2, 0.25) is 5.02 Å². The Labute approximate surface area is 188 Å². The van der Waals surface area contributed by atoms with Crippen LogP contribution in [0, 0.1) is 0 Å². The smallest absolute Gasteiger partial charge is 0.270 e. The van der Waals surface area contributed by atoms with Gasteiger partial charge >= 0.3 is 0 Å². The van der Waals surface area contributed by atoms with Crippen molar-refractivity contribution in [1.29, 1.82) is 0 Å². The Morgan fingerprint density at radius 1 is 1.16 bits per heavy atom. The van der Waals surface area contributed by atoms with Gasteiger partial charge in [0.1, 0.15) is 0 Å². The quantitative estimate of drug-likeness (QED) is 0.444. The number of nitrogens with one attached hydrogen (secondary N) is 1. The number of amides is 1. The van der Waals surface area contributed by atoms with Crippen LogP contribution < -0.4 is 11.1 Å². The molecule has 164 valence electrons. The predicted molar refractivity (Wildman–Crippen MR) is 119 cm³/mol. The van der Waals surface area contributed by atoms with Gasteiger partial charge in [0.25, 0.3) is 11.8 Å². The van der Waals surface area contributed by atoms with E-state index >= 15 is 0 Å². The topological polar surface area (TPSA) is 85.8 Å². The molecule has 2 aromatic carbocycles. The van der Waals surface area contributed by atoms with Crippen LogP contribution in [-0.2, 0) is 5.92 Å². The van der Waals surface area contributed by atoms with Crippen LogP contribution in [0.5, 0.6) is 0 Å². The van der Waals surface area contributed by atoms with Crippen LogP contribution in [0.3, 0.4) is 0 Å². The molecule has 1 atom stereocenters. The van der Waals surface area contributed by atoms with Crippen molar-refractivity contribution in [3.63, 3.8) is 0 Å². The Morgan fingerprint density at radius 3 is 2.50 bits per heavy atom. The number of nitrogens with two attached hydrogens (primary N) is 1. The SMILES string of the molecule is CC(F)(F)c1ccc(C(N)CNC(=O)c2cn(-c3ncccn3)c3cccc(Cl)c23)cc1. The van der Waals surface area contributed by atoms with Gasteiger partial charge in [-0.2, -0.15) is 0 Å². The molecule has 0 spiro atoms. The van der Waals surface area contributed by atoms with E-state index in [2.05, 4.69) is 15.3 Å². The number of fused-ring (bicyclic) bond motifs is 1. The van der Waals surface area contributed by atoms with Gasteiger partial charge in [0.15, 0.2) is 0 Å². The second-order valence-corrected chi connectivity index (χ2v) is 7.83. The Bertz CT molecular complexity index is 1250. The van der Waals surface area contributed by atoms with Crippen molar-refractivity contribution in [2.24, 2.45) is 5.73 Å². The van der Waals surface area contributed by atoms with Crippen LogP contribution in [-0.4, -0.2) is 27.0 Å². The van der Waals surface area contributed by atoms with Crippen molar-refractivity contribution in [2.45, 2.75) is 18.9 Å². The number of benzene rings is 2. The maximum absolute atomic E-state index is 13.4. The molecule has 3 N–H and O–H groups in total. The molecule has 1 unspecified atom stereocenters. The summed E-state index contributed by atoms with van der Waals surface area (Å²) in [7, 11) is 0. The highest BCUT2D eigenvalue weighted by Crippen LogP contribution is 2.30. The van der Waals surface area contributed by atoms with Gasteiger partial charge in [0.2, 0.25) is 5.95 Å². The molecule has 9 heteroatoms. The van der Waals surface area contributed by atoms with E-state index in [4.69, 9.17) is 17.3 Å². The summed E-state index contributed by atoms with van der Waals surface area (Å²) in [6.07, 6.45) is 4.85. The molecule has 6 nitrogen and oxygen atoms in total. The first-order valence-electron chi connectivity index (χ1n) is 9.84. The third-order valence-corrected chi connectivity index (χ3v) is 5.43. The van der Waals surface area contributed by atoms with Crippen molar-refractivity contribution in [3.8, 4) is 5.95 Å². The summed E-state index contributed by atoms with van der Waals surface area (Å²) in [5.74, 6) is -2.89. The molecule has 0 fully saturated rings. The fraction of sp³-hybridized carbons (Fsp3) is 0.174. The summed E-state index contributed by atoms with van der Waals surface area (Å²) in [5, 5.41) is 3.79. The highest BCUT2D eigenvalue weighted by Gasteiger charge is 2.24. The van der Waals surface area contributed by atoms with Gasteiger partial charge < -0.3 is 11.1 Å². The normalized spacial score (nSPS) is 12.7. The maximum Gasteiger partial charge on any atom is 0.270 e. The van der Waals surface area contributed by atoms with Gasteiger partial charge in [-0.25, -0.2) is 18.7 Å².